The van der Waals surface area contributed by atoms with Gasteiger partial charge in [-0.2, -0.15) is 0 Å². The number of hydrogen-bond acceptors (Lipinski definition) is 6. The van der Waals surface area contributed by atoms with Gasteiger partial charge in [0.2, 0.25) is 10.0 Å². The van der Waals surface area contributed by atoms with Gasteiger partial charge in [0.1, 0.15) is 0 Å². The van der Waals surface area contributed by atoms with Crippen LogP contribution in [0.15, 0.2) is 5.16 Å². The number of sulfone groups is 1. The summed E-state index contributed by atoms with van der Waals surface area (Å²) in [5.41, 5.74) is 4.46. The molecule has 0 heterocycles. The molecule has 0 aliphatic heterocycles. The smallest absolute Gasteiger partial charge is 0.226 e. The lowest BCUT2D eigenvalue weighted by Crippen LogP contribution is -2.59. The number of nitrogens with zero attached hydrogens (tertiary/aromatic N) is 1. The monoisotopic (exact) mass is 341 g/mol. The lowest BCUT2D eigenvalue weighted by atomic mass is 9.75. The third-order valence-electron chi connectivity index (χ3n) is 3.85. The van der Waals surface area contributed by atoms with Crippen molar-refractivity contribution in [2.24, 2.45) is 16.8 Å². The molecule has 0 aromatic heterocycles. The van der Waals surface area contributed by atoms with Crippen molar-refractivity contribution in [3.05, 3.63) is 0 Å². The zero-order chi connectivity index (χ0) is 16.3. The van der Waals surface area contributed by atoms with E-state index in [1.807, 2.05) is 0 Å². The summed E-state index contributed by atoms with van der Waals surface area (Å²) in [6.45, 7) is 2.05. The van der Waals surface area contributed by atoms with E-state index in [2.05, 4.69) is 16.8 Å². The summed E-state index contributed by atoms with van der Waals surface area (Å²) >= 11 is 0. The van der Waals surface area contributed by atoms with Crippen molar-refractivity contribution < 1.29 is 22.0 Å². The summed E-state index contributed by atoms with van der Waals surface area (Å²) in [4.78, 5) is 0. The first kappa shape index (κ1) is 18.2. The second-order valence-corrected chi connectivity index (χ2v) is 9.91. The van der Waals surface area contributed by atoms with Crippen LogP contribution in [0.4, 0.5) is 0 Å². The number of sulfonamides is 1. The average Bonchev–Trinajstić information content (AvgIpc) is 2.35. The van der Waals surface area contributed by atoms with Crippen molar-refractivity contribution in [1.29, 1.82) is 0 Å². The molecule has 21 heavy (non-hydrogen) atoms. The lowest BCUT2D eigenvalue weighted by molar-refractivity contribution is 0.253. The normalized spacial score (nSPS) is 28.5. The maximum Gasteiger partial charge on any atom is 0.226 e. The number of nitrogens with one attached hydrogen (secondary N) is 1. The third kappa shape index (κ3) is 5.11. The molecule has 1 rings (SSSR count). The van der Waals surface area contributed by atoms with E-state index >= 15 is 0 Å². The maximum absolute atomic E-state index is 12.0. The van der Waals surface area contributed by atoms with Gasteiger partial charge in [-0.3, -0.25) is 0 Å². The summed E-state index contributed by atoms with van der Waals surface area (Å²) in [7, 11) is -7.79. The Balaban J connectivity index is 3.01. The highest BCUT2D eigenvalue weighted by molar-refractivity contribution is 8.06. The zero-order valence-electron chi connectivity index (χ0n) is 12.2. The minimum Gasteiger partial charge on any atom is -0.409 e. The van der Waals surface area contributed by atoms with E-state index in [9.17, 15) is 16.8 Å². The van der Waals surface area contributed by atoms with Gasteiger partial charge in [-0.25, -0.2) is 21.6 Å². The van der Waals surface area contributed by atoms with Crippen LogP contribution >= 0.6 is 0 Å². The third-order valence-corrected chi connectivity index (χ3v) is 7.51. The van der Waals surface area contributed by atoms with Gasteiger partial charge < -0.3 is 10.9 Å². The van der Waals surface area contributed by atoms with Crippen LogP contribution in [0.1, 0.15) is 39.0 Å². The molecule has 8 nitrogen and oxygen atoms in total. The van der Waals surface area contributed by atoms with Gasteiger partial charge in [0.15, 0.2) is 20.8 Å². The predicted octanol–water partition coefficient (Wildman–Crippen LogP) is -0.00670. The van der Waals surface area contributed by atoms with Crippen molar-refractivity contribution in [1.82, 2.24) is 4.72 Å². The molecule has 4 N–H and O–H groups in total. The van der Waals surface area contributed by atoms with E-state index in [0.29, 0.717) is 18.8 Å². The van der Waals surface area contributed by atoms with Crippen molar-refractivity contribution in [2.45, 2.75) is 44.6 Å². The Morgan fingerprint density at radius 2 is 1.86 bits per heavy atom. The van der Waals surface area contributed by atoms with Gasteiger partial charge >= 0.3 is 0 Å². The van der Waals surface area contributed by atoms with Crippen LogP contribution < -0.4 is 10.5 Å². The minimum absolute atomic E-state index is 0.228. The Morgan fingerprint density at radius 1 is 1.33 bits per heavy atom. The largest absolute Gasteiger partial charge is 0.409 e. The second-order valence-electron chi connectivity index (χ2n) is 5.68. The van der Waals surface area contributed by atoms with Crippen molar-refractivity contribution in [2.75, 3.05) is 11.3 Å². The second kappa shape index (κ2) is 6.49. The van der Waals surface area contributed by atoms with Gasteiger partial charge in [-0.15, -0.1) is 0 Å². The molecule has 1 aliphatic rings. The SMILES string of the molecule is CCC1CCC(NS(=O)(=O)CS(C)(=O)=O)(C(N)=NO)CC1. The van der Waals surface area contributed by atoms with E-state index in [1.54, 1.807) is 0 Å². The predicted molar refractivity (Wildman–Crippen MR) is 80.2 cm³/mol. The minimum atomic E-state index is -4.09. The van der Waals surface area contributed by atoms with Crippen LogP contribution in [0.25, 0.3) is 0 Å². The Bertz CT molecular complexity index is 589. The van der Waals surface area contributed by atoms with Gasteiger partial charge in [-0.05, 0) is 31.6 Å². The zero-order valence-corrected chi connectivity index (χ0v) is 13.9. The quantitative estimate of drug-likeness (QED) is 0.269. The van der Waals surface area contributed by atoms with E-state index in [4.69, 9.17) is 10.9 Å². The van der Waals surface area contributed by atoms with E-state index in [-0.39, 0.29) is 5.84 Å². The summed E-state index contributed by atoms with van der Waals surface area (Å²) in [6.07, 6.45) is 4.04. The molecule has 0 aromatic carbocycles. The molecular formula is C11H23N3O5S2. The first-order chi connectivity index (χ1) is 9.53. The van der Waals surface area contributed by atoms with Crippen molar-refractivity contribution in [3.63, 3.8) is 0 Å². The molecule has 1 aliphatic carbocycles. The first-order valence-electron chi connectivity index (χ1n) is 6.71. The van der Waals surface area contributed by atoms with Crippen LogP contribution in [0, 0.1) is 5.92 Å². The maximum atomic E-state index is 12.0. The highest BCUT2D eigenvalue weighted by Crippen LogP contribution is 2.34. The van der Waals surface area contributed by atoms with Crippen LogP contribution in [0.5, 0.6) is 0 Å². The van der Waals surface area contributed by atoms with Gasteiger partial charge in [-0.1, -0.05) is 18.5 Å². The number of hydrogen-bond donors (Lipinski definition) is 3. The first-order valence-corrected chi connectivity index (χ1v) is 10.4. The highest BCUT2D eigenvalue weighted by Gasteiger charge is 2.42. The Kier molecular flexibility index (Phi) is 5.62. The molecule has 1 saturated carbocycles. The number of rotatable bonds is 6. The van der Waals surface area contributed by atoms with Crippen LogP contribution in [0.2, 0.25) is 0 Å². The van der Waals surface area contributed by atoms with E-state index in [1.165, 1.54) is 0 Å². The number of oxime groups is 1. The average molecular weight is 341 g/mol. The topological polar surface area (TPSA) is 139 Å². The molecular weight excluding hydrogens is 318 g/mol. The lowest BCUT2D eigenvalue weighted by Gasteiger charge is -2.39. The molecule has 0 bridgehead atoms. The molecule has 0 atom stereocenters. The fourth-order valence-electron chi connectivity index (χ4n) is 2.69. The Labute approximate surface area is 125 Å². The van der Waals surface area contributed by atoms with E-state index in [0.717, 1.165) is 25.5 Å². The van der Waals surface area contributed by atoms with Crippen LogP contribution in [-0.2, 0) is 19.9 Å². The molecule has 0 aromatic rings. The molecule has 0 amide bonds. The fraction of sp³-hybridized carbons (Fsp3) is 0.909. The number of nitrogens with two attached hydrogens (primary N) is 1. The highest BCUT2D eigenvalue weighted by atomic mass is 32.3. The Hall–Kier alpha value is -0.870. The molecule has 10 heteroatoms. The summed E-state index contributed by atoms with van der Waals surface area (Å²) in [5, 5.41) is 10.8. The van der Waals surface area contributed by atoms with Crippen molar-refractivity contribution in [3.8, 4) is 0 Å². The van der Waals surface area contributed by atoms with Crippen molar-refractivity contribution >= 4 is 25.7 Å². The molecule has 0 saturated heterocycles. The summed E-state index contributed by atoms with van der Waals surface area (Å²) in [5.74, 6) is 0.234. The van der Waals surface area contributed by atoms with Gasteiger partial charge in [0.05, 0.1) is 5.54 Å². The standard InChI is InChI=1S/C11H23N3O5S2/c1-3-9-4-6-11(7-5-9,10(12)13-15)14-21(18,19)8-20(2,16)17/h9,14-15H,3-8H2,1-2H3,(H2,12,13). The van der Waals surface area contributed by atoms with Crippen LogP contribution in [0.3, 0.4) is 0 Å². The number of amidine groups is 1. The molecule has 124 valence electrons. The van der Waals surface area contributed by atoms with E-state index < -0.39 is 30.5 Å². The molecule has 0 unspecified atom stereocenters. The van der Waals surface area contributed by atoms with Crippen LogP contribution in [-0.4, -0.2) is 44.8 Å². The fourth-order valence-corrected chi connectivity index (χ4v) is 6.09. The summed E-state index contributed by atoms with van der Waals surface area (Å²) in [6, 6.07) is 0. The molecule has 1 fully saturated rings. The molecule has 0 radical (unpaired) electrons. The summed E-state index contributed by atoms with van der Waals surface area (Å²) < 4.78 is 48.8. The Morgan fingerprint density at radius 3 is 2.24 bits per heavy atom. The van der Waals surface area contributed by atoms with Gasteiger partial charge in [0, 0.05) is 6.26 Å². The molecule has 0 spiro atoms. The van der Waals surface area contributed by atoms with Gasteiger partial charge in [0.25, 0.3) is 0 Å².